The summed E-state index contributed by atoms with van der Waals surface area (Å²) in [5.74, 6) is 0.403. The maximum absolute atomic E-state index is 12.4. The molecule has 0 bridgehead atoms. The van der Waals surface area contributed by atoms with Gasteiger partial charge >= 0.3 is 6.09 Å². The number of rotatable bonds is 3. The molecule has 118 valence electrons. The number of hydrogen-bond acceptors (Lipinski definition) is 3. The molecule has 6 heteroatoms. The summed E-state index contributed by atoms with van der Waals surface area (Å²) in [5.41, 5.74) is 6.83. The Morgan fingerprint density at radius 2 is 1.91 bits per heavy atom. The van der Waals surface area contributed by atoms with Crippen LogP contribution in [0, 0.1) is 5.92 Å². The molecule has 1 saturated heterocycles. The van der Waals surface area contributed by atoms with Crippen molar-refractivity contribution < 1.29 is 14.7 Å². The molecule has 2 amide bonds. The highest BCUT2D eigenvalue weighted by molar-refractivity contribution is 5.83. The average Bonchev–Trinajstić information content (AvgIpc) is 3.33. The predicted octanol–water partition coefficient (Wildman–Crippen LogP) is 1.29. The third kappa shape index (κ3) is 3.06. The summed E-state index contributed by atoms with van der Waals surface area (Å²) in [6, 6.07) is 8.30. The summed E-state index contributed by atoms with van der Waals surface area (Å²) in [7, 11) is 0. The molecule has 0 aromatic heterocycles. The number of hydrogen-bond donors (Lipinski definition) is 2. The van der Waals surface area contributed by atoms with Crippen molar-refractivity contribution >= 4 is 12.0 Å². The van der Waals surface area contributed by atoms with Gasteiger partial charge in [0, 0.05) is 19.6 Å². The minimum atomic E-state index is -1.04. The summed E-state index contributed by atoms with van der Waals surface area (Å²) in [6.07, 6.45) is 1.24. The monoisotopic (exact) mass is 303 g/mol. The van der Waals surface area contributed by atoms with Gasteiger partial charge in [-0.3, -0.25) is 9.69 Å². The topological polar surface area (TPSA) is 86.9 Å². The first-order valence-electron chi connectivity index (χ1n) is 7.65. The van der Waals surface area contributed by atoms with Gasteiger partial charge in [-0.2, -0.15) is 0 Å². The summed E-state index contributed by atoms with van der Waals surface area (Å²) in [6.45, 7) is 1.09. The Hall–Kier alpha value is -2.08. The molecule has 1 saturated carbocycles. The molecule has 1 aromatic carbocycles. The normalized spacial score (nSPS) is 26.0. The Balaban J connectivity index is 1.91. The molecule has 1 aromatic rings. The lowest BCUT2D eigenvalue weighted by Gasteiger charge is -2.30. The van der Waals surface area contributed by atoms with Crippen molar-refractivity contribution in [2.24, 2.45) is 11.7 Å². The van der Waals surface area contributed by atoms with Gasteiger partial charge in [-0.15, -0.1) is 0 Å². The first-order valence-corrected chi connectivity index (χ1v) is 7.65. The summed E-state index contributed by atoms with van der Waals surface area (Å²) >= 11 is 0. The lowest BCUT2D eigenvalue weighted by atomic mass is 10.1. The second-order valence-electron chi connectivity index (χ2n) is 6.15. The van der Waals surface area contributed by atoms with E-state index in [9.17, 15) is 14.7 Å². The maximum atomic E-state index is 12.4. The van der Waals surface area contributed by atoms with Crippen LogP contribution >= 0.6 is 0 Å². The van der Waals surface area contributed by atoms with Crippen LogP contribution in [0.25, 0.3) is 0 Å². The highest BCUT2D eigenvalue weighted by Gasteiger charge is 2.38. The zero-order valence-electron chi connectivity index (χ0n) is 12.4. The van der Waals surface area contributed by atoms with Crippen LogP contribution in [0.5, 0.6) is 0 Å². The largest absolute Gasteiger partial charge is 0.465 e. The molecule has 3 N–H and O–H groups in total. The molecule has 2 atom stereocenters. The second-order valence-corrected chi connectivity index (χ2v) is 6.15. The van der Waals surface area contributed by atoms with Crippen LogP contribution in [0.1, 0.15) is 24.4 Å². The van der Waals surface area contributed by atoms with Crippen molar-refractivity contribution in [3.05, 3.63) is 35.9 Å². The molecule has 3 rings (SSSR count). The lowest BCUT2D eigenvalue weighted by molar-refractivity contribution is -0.132. The van der Waals surface area contributed by atoms with Gasteiger partial charge in [0.25, 0.3) is 0 Å². The van der Waals surface area contributed by atoms with Gasteiger partial charge < -0.3 is 15.7 Å². The van der Waals surface area contributed by atoms with Gasteiger partial charge in [-0.25, -0.2) is 4.79 Å². The van der Waals surface area contributed by atoms with Crippen molar-refractivity contribution in [1.29, 1.82) is 0 Å². The van der Waals surface area contributed by atoms with Crippen molar-refractivity contribution in [3.8, 4) is 0 Å². The van der Waals surface area contributed by atoms with Gasteiger partial charge in [0.15, 0.2) is 0 Å². The fourth-order valence-corrected chi connectivity index (χ4v) is 3.00. The first-order chi connectivity index (χ1) is 10.6. The van der Waals surface area contributed by atoms with Crippen molar-refractivity contribution in [3.63, 3.8) is 0 Å². The number of nitrogens with two attached hydrogens (primary N) is 1. The molecular weight excluding hydrogens is 282 g/mol. The Morgan fingerprint density at radius 3 is 2.50 bits per heavy atom. The average molecular weight is 303 g/mol. The van der Waals surface area contributed by atoms with E-state index in [0.717, 1.165) is 18.4 Å². The van der Waals surface area contributed by atoms with Crippen LogP contribution < -0.4 is 5.73 Å². The number of benzene rings is 1. The van der Waals surface area contributed by atoms with E-state index in [-0.39, 0.29) is 18.5 Å². The van der Waals surface area contributed by atoms with Crippen LogP contribution in [-0.2, 0) is 4.79 Å². The van der Waals surface area contributed by atoms with Gasteiger partial charge in [-0.1, -0.05) is 30.3 Å². The molecule has 1 aliphatic carbocycles. The van der Waals surface area contributed by atoms with Gasteiger partial charge in [0.1, 0.15) is 6.04 Å². The number of carbonyl (C=O) groups excluding carboxylic acids is 1. The second kappa shape index (κ2) is 5.96. The fourth-order valence-electron chi connectivity index (χ4n) is 3.00. The van der Waals surface area contributed by atoms with E-state index in [1.807, 2.05) is 30.3 Å². The standard InChI is InChI=1S/C16H21N3O3/c17-13-9-19(16(21)22)14(12-4-2-1-3-5-12)10-18(15(13)20)8-11-6-7-11/h1-5,11,13-14H,6-10,17H2,(H,21,22)/t13-,14+/m0/s1. The van der Waals surface area contributed by atoms with Crippen molar-refractivity contribution in [2.45, 2.75) is 24.9 Å². The van der Waals surface area contributed by atoms with E-state index >= 15 is 0 Å². The van der Waals surface area contributed by atoms with Crippen LogP contribution in [0.2, 0.25) is 0 Å². The number of amides is 2. The van der Waals surface area contributed by atoms with E-state index in [4.69, 9.17) is 5.73 Å². The molecule has 22 heavy (non-hydrogen) atoms. The number of carboxylic acid groups (broad SMARTS) is 1. The van der Waals surface area contributed by atoms with Crippen molar-refractivity contribution in [1.82, 2.24) is 9.80 Å². The molecule has 1 aliphatic heterocycles. The van der Waals surface area contributed by atoms with Crippen LogP contribution in [0.4, 0.5) is 4.79 Å². The zero-order valence-corrected chi connectivity index (χ0v) is 12.4. The quantitative estimate of drug-likeness (QED) is 0.881. The molecule has 0 radical (unpaired) electrons. The highest BCUT2D eigenvalue weighted by atomic mass is 16.4. The Labute approximate surface area is 129 Å². The fraction of sp³-hybridized carbons (Fsp3) is 0.500. The summed E-state index contributed by atoms with van der Waals surface area (Å²) < 4.78 is 0. The molecule has 6 nitrogen and oxygen atoms in total. The smallest absolute Gasteiger partial charge is 0.407 e. The third-order valence-electron chi connectivity index (χ3n) is 4.40. The van der Waals surface area contributed by atoms with E-state index in [0.29, 0.717) is 19.0 Å². The highest BCUT2D eigenvalue weighted by Crippen LogP contribution is 2.32. The molecule has 2 fully saturated rings. The Morgan fingerprint density at radius 1 is 1.23 bits per heavy atom. The van der Waals surface area contributed by atoms with Crippen LogP contribution in [0.15, 0.2) is 30.3 Å². The zero-order chi connectivity index (χ0) is 15.7. The summed E-state index contributed by atoms with van der Waals surface area (Å²) in [4.78, 5) is 27.1. The molecule has 1 heterocycles. The minimum Gasteiger partial charge on any atom is -0.465 e. The molecule has 0 spiro atoms. The van der Waals surface area contributed by atoms with Crippen molar-refractivity contribution in [2.75, 3.05) is 19.6 Å². The van der Waals surface area contributed by atoms with E-state index < -0.39 is 12.1 Å². The van der Waals surface area contributed by atoms with Gasteiger partial charge in [-0.05, 0) is 24.3 Å². The summed E-state index contributed by atoms with van der Waals surface area (Å²) in [5, 5.41) is 9.52. The molecule has 2 aliphatic rings. The maximum Gasteiger partial charge on any atom is 0.407 e. The predicted molar refractivity (Wildman–Crippen MR) is 81.2 cm³/mol. The van der Waals surface area contributed by atoms with Gasteiger partial charge in [0.2, 0.25) is 5.91 Å². The number of carbonyl (C=O) groups is 2. The molecule has 0 unspecified atom stereocenters. The van der Waals surface area contributed by atoms with E-state index in [1.165, 1.54) is 4.90 Å². The van der Waals surface area contributed by atoms with E-state index in [2.05, 4.69) is 0 Å². The Bertz CT molecular complexity index is 559. The van der Waals surface area contributed by atoms with E-state index in [1.54, 1.807) is 4.90 Å². The lowest BCUT2D eigenvalue weighted by Crippen LogP contribution is -2.46. The minimum absolute atomic E-state index is 0.0366. The van der Waals surface area contributed by atoms with Crippen LogP contribution in [-0.4, -0.2) is 52.6 Å². The van der Waals surface area contributed by atoms with Gasteiger partial charge in [0.05, 0.1) is 6.04 Å². The molecular formula is C16H21N3O3. The Kier molecular flexibility index (Phi) is 4.02. The number of nitrogens with zero attached hydrogens (tertiary/aromatic N) is 2. The van der Waals surface area contributed by atoms with Crippen LogP contribution in [0.3, 0.4) is 0 Å². The first kappa shape index (κ1) is 14.8. The SMILES string of the molecule is N[C@H]1CN(C(=O)O)[C@@H](c2ccccc2)CN(CC2CC2)C1=O. The third-order valence-corrected chi connectivity index (χ3v) is 4.40.